The summed E-state index contributed by atoms with van der Waals surface area (Å²) in [4.78, 5) is 12.1. The van der Waals surface area contributed by atoms with Gasteiger partial charge in [0, 0.05) is 4.88 Å². The summed E-state index contributed by atoms with van der Waals surface area (Å²) >= 11 is 1.25. The van der Waals surface area contributed by atoms with Crippen LogP contribution in [0.25, 0.3) is 0 Å². The Hall–Kier alpha value is -1.81. The van der Waals surface area contributed by atoms with E-state index in [2.05, 4.69) is 13.0 Å². The van der Waals surface area contributed by atoms with Gasteiger partial charge in [0.05, 0.1) is 0 Å². The Labute approximate surface area is 116 Å². The minimum atomic E-state index is -0.890. The molecular formula is C15H16O3S. The predicted molar refractivity (Wildman–Crippen MR) is 76.3 cm³/mol. The number of carbonyl (C=O) groups is 1. The zero-order chi connectivity index (χ0) is 14.0. The van der Waals surface area contributed by atoms with E-state index in [1.54, 1.807) is 12.1 Å². The van der Waals surface area contributed by atoms with Crippen LogP contribution in [0.2, 0.25) is 0 Å². The van der Waals surface area contributed by atoms with Crippen molar-refractivity contribution in [2.45, 2.75) is 27.4 Å². The second-order valence-electron chi connectivity index (χ2n) is 4.51. The molecule has 0 saturated heterocycles. The molecule has 1 heterocycles. The van der Waals surface area contributed by atoms with Crippen LogP contribution in [0.15, 0.2) is 24.3 Å². The van der Waals surface area contributed by atoms with E-state index in [0.29, 0.717) is 11.5 Å². The lowest BCUT2D eigenvalue weighted by Gasteiger charge is -2.13. The zero-order valence-electron chi connectivity index (χ0n) is 11.2. The molecule has 0 aliphatic heterocycles. The van der Waals surface area contributed by atoms with Crippen LogP contribution in [-0.2, 0) is 6.61 Å². The fourth-order valence-electron chi connectivity index (χ4n) is 1.86. The first kappa shape index (κ1) is 13.6. The molecule has 0 atom stereocenters. The Kier molecular flexibility index (Phi) is 3.90. The molecule has 0 spiro atoms. The molecule has 3 nitrogen and oxygen atoms in total. The monoisotopic (exact) mass is 276 g/mol. The average Bonchev–Trinajstić information content (AvgIpc) is 2.83. The van der Waals surface area contributed by atoms with Crippen LogP contribution >= 0.6 is 11.3 Å². The smallest absolute Gasteiger partial charge is 0.345 e. The lowest BCUT2D eigenvalue weighted by atomic mass is 10.1. The fourth-order valence-corrected chi connectivity index (χ4v) is 2.62. The number of carboxylic acid groups (broad SMARTS) is 1. The Bertz CT molecular complexity index is 614. The number of hydrogen-bond donors (Lipinski definition) is 1. The van der Waals surface area contributed by atoms with Crippen LogP contribution in [-0.4, -0.2) is 11.1 Å². The van der Waals surface area contributed by atoms with Gasteiger partial charge in [0.25, 0.3) is 0 Å². The molecule has 0 bridgehead atoms. The van der Waals surface area contributed by atoms with Crippen LogP contribution in [0.3, 0.4) is 0 Å². The van der Waals surface area contributed by atoms with E-state index >= 15 is 0 Å². The van der Waals surface area contributed by atoms with Gasteiger partial charge in [0.15, 0.2) is 0 Å². The lowest BCUT2D eigenvalue weighted by Crippen LogP contribution is -1.98. The van der Waals surface area contributed by atoms with E-state index in [4.69, 9.17) is 9.84 Å². The van der Waals surface area contributed by atoms with Crippen LogP contribution in [0.4, 0.5) is 0 Å². The van der Waals surface area contributed by atoms with Crippen molar-refractivity contribution < 1.29 is 14.6 Å². The number of benzene rings is 1. The third-order valence-electron chi connectivity index (χ3n) is 3.10. The standard InChI is InChI=1S/C15H16O3S/c1-9-4-5-10(2)14(11(9)3)18-8-12-6-7-13(19-12)15(16)17/h4-7H,8H2,1-3H3,(H,16,17). The molecule has 1 aromatic heterocycles. The van der Waals surface area contributed by atoms with Crippen molar-refractivity contribution in [2.24, 2.45) is 0 Å². The van der Waals surface area contributed by atoms with Crippen molar-refractivity contribution >= 4 is 17.3 Å². The molecule has 1 N–H and O–H groups in total. The summed E-state index contributed by atoms with van der Waals surface area (Å²) in [6.07, 6.45) is 0. The maximum Gasteiger partial charge on any atom is 0.345 e. The highest BCUT2D eigenvalue weighted by Crippen LogP contribution is 2.27. The molecule has 0 aliphatic carbocycles. The normalized spacial score (nSPS) is 10.5. The van der Waals surface area contributed by atoms with Gasteiger partial charge in [0.1, 0.15) is 17.2 Å². The number of aromatic carboxylic acids is 1. The Morgan fingerprint density at radius 1 is 1.16 bits per heavy atom. The summed E-state index contributed by atoms with van der Waals surface area (Å²) in [7, 11) is 0. The average molecular weight is 276 g/mol. The number of hydrogen-bond acceptors (Lipinski definition) is 3. The summed E-state index contributed by atoms with van der Waals surface area (Å²) in [6, 6.07) is 7.52. The molecule has 0 saturated carbocycles. The first-order valence-corrected chi connectivity index (χ1v) is 6.82. The highest BCUT2D eigenvalue weighted by molar-refractivity contribution is 7.13. The first-order valence-electron chi connectivity index (χ1n) is 6.00. The number of carboxylic acids is 1. The van der Waals surface area contributed by atoms with Gasteiger partial charge in [-0.2, -0.15) is 0 Å². The lowest BCUT2D eigenvalue weighted by molar-refractivity contribution is 0.0702. The summed E-state index contributed by atoms with van der Waals surface area (Å²) in [5, 5.41) is 8.88. The van der Waals surface area contributed by atoms with E-state index < -0.39 is 5.97 Å². The molecule has 1 aromatic carbocycles. The van der Waals surface area contributed by atoms with Crippen LogP contribution < -0.4 is 4.74 Å². The van der Waals surface area contributed by atoms with Gasteiger partial charge in [-0.05, 0) is 49.6 Å². The summed E-state index contributed by atoms with van der Waals surface area (Å²) in [5.74, 6) is 0.00411. The summed E-state index contributed by atoms with van der Waals surface area (Å²) in [5.41, 5.74) is 3.42. The Balaban J connectivity index is 2.14. The number of rotatable bonds is 4. The van der Waals surface area contributed by atoms with Crippen molar-refractivity contribution in [2.75, 3.05) is 0 Å². The van der Waals surface area contributed by atoms with Crippen LogP contribution in [0.1, 0.15) is 31.2 Å². The van der Waals surface area contributed by atoms with Crippen molar-refractivity contribution in [3.05, 3.63) is 50.7 Å². The maximum absolute atomic E-state index is 10.8. The third kappa shape index (κ3) is 2.96. The molecule has 0 unspecified atom stereocenters. The second-order valence-corrected chi connectivity index (χ2v) is 5.68. The fraction of sp³-hybridized carbons (Fsp3) is 0.267. The largest absolute Gasteiger partial charge is 0.488 e. The highest BCUT2D eigenvalue weighted by atomic mass is 32.1. The van der Waals surface area contributed by atoms with Gasteiger partial charge in [-0.25, -0.2) is 4.79 Å². The van der Waals surface area contributed by atoms with Crippen molar-refractivity contribution in [3.63, 3.8) is 0 Å². The van der Waals surface area contributed by atoms with Gasteiger partial charge in [0.2, 0.25) is 0 Å². The SMILES string of the molecule is Cc1ccc(C)c(OCc2ccc(C(=O)O)s2)c1C. The number of ether oxygens (including phenoxy) is 1. The molecular weight excluding hydrogens is 260 g/mol. The first-order chi connectivity index (χ1) is 8.99. The molecule has 19 heavy (non-hydrogen) atoms. The Morgan fingerprint density at radius 2 is 1.84 bits per heavy atom. The third-order valence-corrected chi connectivity index (χ3v) is 4.15. The van der Waals surface area contributed by atoms with Gasteiger partial charge >= 0.3 is 5.97 Å². The van der Waals surface area contributed by atoms with E-state index in [0.717, 1.165) is 21.8 Å². The van der Waals surface area contributed by atoms with Gasteiger partial charge in [-0.3, -0.25) is 0 Å². The maximum atomic E-state index is 10.8. The molecule has 2 aromatic rings. The Morgan fingerprint density at radius 3 is 2.47 bits per heavy atom. The molecule has 4 heteroatoms. The highest BCUT2D eigenvalue weighted by Gasteiger charge is 2.10. The van der Waals surface area contributed by atoms with E-state index in [9.17, 15) is 4.79 Å². The van der Waals surface area contributed by atoms with Crippen molar-refractivity contribution in [1.29, 1.82) is 0 Å². The number of aryl methyl sites for hydroxylation is 2. The second kappa shape index (κ2) is 5.45. The predicted octanol–water partition coefficient (Wildman–Crippen LogP) is 3.95. The molecule has 100 valence electrons. The van der Waals surface area contributed by atoms with E-state index in [1.165, 1.54) is 16.9 Å². The molecule has 0 aliphatic rings. The van der Waals surface area contributed by atoms with Crippen molar-refractivity contribution in [1.82, 2.24) is 0 Å². The quantitative estimate of drug-likeness (QED) is 0.919. The summed E-state index contributed by atoms with van der Waals surface area (Å²) in [6.45, 7) is 6.51. The van der Waals surface area contributed by atoms with E-state index in [1.807, 2.05) is 19.9 Å². The van der Waals surface area contributed by atoms with E-state index in [-0.39, 0.29) is 0 Å². The van der Waals surface area contributed by atoms with Crippen LogP contribution in [0.5, 0.6) is 5.75 Å². The van der Waals surface area contributed by atoms with Crippen molar-refractivity contribution in [3.8, 4) is 5.75 Å². The molecule has 2 rings (SSSR count). The molecule has 0 fully saturated rings. The number of thiophene rings is 1. The minimum Gasteiger partial charge on any atom is -0.488 e. The van der Waals surface area contributed by atoms with Gasteiger partial charge < -0.3 is 9.84 Å². The van der Waals surface area contributed by atoms with Crippen LogP contribution in [0, 0.1) is 20.8 Å². The molecule has 0 amide bonds. The molecule has 0 radical (unpaired) electrons. The zero-order valence-corrected chi connectivity index (χ0v) is 12.0. The topological polar surface area (TPSA) is 46.5 Å². The van der Waals surface area contributed by atoms with Gasteiger partial charge in [-0.1, -0.05) is 12.1 Å². The van der Waals surface area contributed by atoms with Gasteiger partial charge in [-0.15, -0.1) is 11.3 Å². The minimum absolute atomic E-state index is 0.344. The summed E-state index contributed by atoms with van der Waals surface area (Å²) < 4.78 is 5.85.